The van der Waals surface area contributed by atoms with Gasteiger partial charge in [0.1, 0.15) is 17.6 Å². The summed E-state index contributed by atoms with van der Waals surface area (Å²) < 4.78 is 11.4. The summed E-state index contributed by atoms with van der Waals surface area (Å²) in [4.78, 5) is 2.03. The molecule has 19 heavy (non-hydrogen) atoms. The second-order valence-electron chi connectivity index (χ2n) is 4.12. The lowest BCUT2D eigenvalue weighted by Gasteiger charge is -2.13. The fraction of sp³-hybridized carbons (Fsp3) is 0.286. The third kappa shape index (κ3) is 3.11. The molecule has 1 heterocycles. The summed E-state index contributed by atoms with van der Waals surface area (Å²) in [6.45, 7) is 2.01. The van der Waals surface area contributed by atoms with Crippen molar-refractivity contribution in [3.63, 3.8) is 0 Å². The van der Waals surface area contributed by atoms with Gasteiger partial charge < -0.3 is 14.6 Å². The van der Waals surface area contributed by atoms with Crippen molar-refractivity contribution >= 4 is 27.3 Å². The average molecular weight is 343 g/mol. The van der Waals surface area contributed by atoms with Crippen molar-refractivity contribution in [3.8, 4) is 11.5 Å². The summed E-state index contributed by atoms with van der Waals surface area (Å²) in [7, 11) is 3.19. The van der Waals surface area contributed by atoms with E-state index in [1.807, 2.05) is 25.1 Å². The molecule has 1 aromatic carbocycles. The highest BCUT2D eigenvalue weighted by Gasteiger charge is 2.18. The normalized spacial score (nSPS) is 12.3. The number of hydrogen-bond acceptors (Lipinski definition) is 4. The molecule has 5 heteroatoms. The minimum Gasteiger partial charge on any atom is -0.497 e. The number of halogens is 1. The lowest BCUT2D eigenvalue weighted by molar-refractivity contribution is 0.222. The number of benzene rings is 1. The molecule has 1 aromatic heterocycles. The zero-order chi connectivity index (χ0) is 14.0. The van der Waals surface area contributed by atoms with Gasteiger partial charge in [0, 0.05) is 15.4 Å². The Morgan fingerprint density at radius 3 is 2.11 bits per heavy atom. The highest BCUT2D eigenvalue weighted by atomic mass is 79.9. The van der Waals surface area contributed by atoms with Gasteiger partial charge in [0.2, 0.25) is 0 Å². The van der Waals surface area contributed by atoms with Crippen LogP contribution in [0.3, 0.4) is 0 Å². The zero-order valence-corrected chi connectivity index (χ0v) is 13.3. The monoisotopic (exact) mass is 342 g/mol. The molecule has 0 fully saturated rings. The molecule has 1 unspecified atom stereocenters. The van der Waals surface area contributed by atoms with E-state index in [4.69, 9.17) is 9.47 Å². The first-order chi connectivity index (χ1) is 9.05. The predicted octanol–water partition coefficient (Wildman–Crippen LogP) is 3.92. The number of rotatable bonds is 4. The predicted molar refractivity (Wildman–Crippen MR) is 80.4 cm³/mol. The van der Waals surface area contributed by atoms with Crippen LogP contribution in [0.4, 0.5) is 0 Å². The van der Waals surface area contributed by atoms with Crippen LogP contribution in [0.25, 0.3) is 0 Å². The van der Waals surface area contributed by atoms with Crippen LogP contribution in [0, 0.1) is 6.92 Å². The van der Waals surface area contributed by atoms with E-state index in [9.17, 15) is 5.11 Å². The zero-order valence-electron chi connectivity index (χ0n) is 10.9. The molecule has 0 saturated heterocycles. The first-order valence-electron chi connectivity index (χ1n) is 5.72. The van der Waals surface area contributed by atoms with Crippen molar-refractivity contribution in [2.24, 2.45) is 0 Å². The molecule has 0 radical (unpaired) electrons. The minimum absolute atomic E-state index is 0.665. The topological polar surface area (TPSA) is 38.7 Å². The van der Waals surface area contributed by atoms with Crippen molar-refractivity contribution in [3.05, 3.63) is 44.1 Å². The molecule has 0 aliphatic heterocycles. The quantitative estimate of drug-likeness (QED) is 0.915. The number of thiophene rings is 1. The molecule has 102 valence electrons. The Hall–Kier alpha value is -1.04. The molecule has 0 spiro atoms. The first kappa shape index (κ1) is 14.4. The van der Waals surface area contributed by atoms with Crippen molar-refractivity contribution < 1.29 is 14.6 Å². The number of aliphatic hydroxyl groups excluding tert-OH is 1. The number of ether oxygens (including phenoxy) is 2. The molecule has 0 saturated carbocycles. The summed E-state index contributed by atoms with van der Waals surface area (Å²) in [6.07, 6.45) is -0.697. The van der Waals surface area contributed by atoms with Gasteiger partial charge in [-0.05, 0) is 46.6 Å². The van der Waals surface area contributed by atoms with E-state index in [2.05, 4.69) is 15.9 Å². The van der Waals surface area contributed by atoms with Crippen LogP contribution in [0.15, 0.2) is 28.7 Å². The fourth-order valence-corrected chi connectivity index (χ4v) is 3.71. The average Bonchev–Trinajstić information content (AvgIpc) is 2.76. The van der Waals surface area contributed by atoms with Crippen LogP contribution < -0.4 is 9.47 Å². The van der Waals surface area contributed by atoms with Crippen LogP contribution in [0.5, 0.6) is 11.5 Å². The maximum atomic E-state index is 10.5. The minimum atomic E-state index is -0.697. The Kier molecular flexibility index (Phi) is 4.50. The summed E-state index contributed by atoms with van der Waals surface area (Å²) in [5.41, 5.74) is 0.749. The third-order valence-electron chi connectivity index (χ3n) is 2.77. The Morgan fingerprint density at radius 1 is 1.11 bits per heavy atom. The molecule has 1 N–H and O–H groups in total. The number of aryl methyl sites for hydroxylation is 1. The van der Waals surface area contributed by atoms with Gasteiger partial charge in [-0.2, -0.15) is 0 Å². The van der Waals surface area contributed by atoms with Crippen molar-refractivity contribution in [1.82, 2.24) is 0 Å². The smallest absolute Gasteiger partial charge is 0.122 e. The van der Waals surface area contributed by atoms with E-state index in [1.54, 1.807) is 31.6 Å². The maximum Gasteiger partial charge on any atom is 0.122 e. The van der Waals surface area contributed by atoms with Gasteiger partial charge >= 0.3 is 0 Å². The molecule has 2 rings (SSSR count). The fourth-order valence-electron chi connectivity index (χ4n) is 1.83. The largest absolute Gasteiger partial charge is 0.497 e. The lowest BCUT2D eigenvalue weighted by atomic mass is 10.1. The molecule has 0 bridgehead atoms. The molecular formula is C14H15BrO3S. The molecule has 0 aliphatic rings. The lowest BCUT2D eigenvalue weighted by Crippen LogP contribution is -1.99. The highest BCUT2D eigenvalue weighted by molar-refractivity contribution is 9.10. The van der Waals surface area contributed by atoms with Gasteiger partial charge in [0.05, 0.1) is 19.1 Å². The summed E-state index contributed by atoms with van der Waals surface area (Å²) in [6, 6.07) is 7.41. The van der Waals surface area contributed by atoms with E-state index in [0.717, 1.165) is 19.8 Å². The van der Waals surface area contributed by atoms with Gasteiger partial charge in [-0.3, -0.25) is 0 Å². The summed E-state index contributed by atoms with van der Waals surface area (Å²) >= 11 is 5.04. The van der Waals surface area contributed by atoms with Crippen LogP contribution in [-0.2, 0) is 0 Å². The van der Waals surface area contributed by atoms with Crippen molar-refractivity contribution in [2.75, 3.05) is 14.2 Å². The number of aliphatic hydroxyl groups is 1. The third-order valence-corrected chi connectivity index (χ3v) is 4.80. The van der Waals surface area contributed by atoms with E-state index in [-0.39, 0.29) is 0 Å². The molecule has 0 amide bonds. The van der Waals surface area contributed by atoms with E-state index in [1.165, 1.54) is 0 Å². The van der Waals surface area contributed by atoms with Crippen LogP contribution in [0.2, 0.25) is 0 Å². The number of methoxy groups -OCH3 is 2. The Balaban J connectivity index is 2.43. The maximum absolute atomic E-state index is 10.5. The standard InChI is InChI=1S/C14H15BrO3S/c1-8-4-12(15)14(19-8)13(16)9-5-10(17-2)7-11(6-9)18-3/h4-7,13,16H,1-3H3. The Bertz CT molecular complexity index is 558. The summed E-state index contributed by atoms with van der Waals surface area (Å²) in [5.74, 6) is 1.33. The van der Waals surface area contributed by atoms with Gasteiger partial charge in [-0.15, -0.1) is 11.3 Å². The van der Waals surface area contributed by atoms with Gasteiger partial charge in [0.15, 0.2) is 0 Å². The summed E-state index contributed by atoms with van der Waals surface area (Å²) in [5, 5.41) is 10.5. The molecule has 2 aromatic rings. The van der Waals surface area contributed by atoms with Crippen molar-refractivity contribution in [2.45, 2.75) is 13.0 Å². The van der Waals surface area contributed by atoms with Crippen LogP contribution in [0.1, 0.15) is 21.4 Å². The highest BCUT2D eigenvalue weighted by Crippen LogP contribution is 2.37. The van der Waals surface area contributed by atoms with Gasteiger partial charge in [-0.1, -0.05) is 0 Å². The SMILES string of the molecule is COc1cc(OC)cc(C(O)c2sc(C)cc2Br)c1. The molecule has 3 nitrogen and oxygen atoms in total. The molecular weight excluding hydrogens is 328 g/mol. The number of hydrogen-bond donors (Lipinski definition) is 1. The van der Waals surface area contributed by atoms with Gasteiger partial charge in [0.25, 0.3) is 0 Å². The van der Waals surface area contributed by atoms with Crippen LogP contribution in [-0.4, -0.2) is 19.3 Å². The van der Waals surface area contributed by atoms with Crippen LogP contribution >= 0.6 is 27.3 Å². The Labute approximate surface area is 124 Å². The van der Waals surface area contributed by atoms with E-state index < -0.39 is 6.10 Å². The van der Waals surface area contributed by atoms with E-state index in [0.29, 0.717) is 11.5 Å². The second-order valence-corrected chi connectivity index (χ2v) is 6.26. The van der Waals surface area contributed by atoms with Gasteiger partial charge in [-0.25, -0.2) is 0 Å². The van der Waals surface area contributed by atoms with Crippen molar-refractivity contribution in [1.29, 1.82) is 0 Å². The molecule has 0 aliphatic carbocycles. The first-order valence-corrected chi connectivity index (χ1v) is 7.33. The van der Waals surface area contributed by atoms with E-state index >= 15 is 0 Å². The second kappa shape index (κ2) is 5.94. The molecule has 1 atom stereocenters. The Morgan fingerprint density at radius 2 is 1.68 bits per heavy atom.